The van der Waals surface area contributed by atoms with Crippen LogP contribution in [-0.2, 0) is 23.7 Å². The second-order valence-electron chi connectivity index (χ2n) is 8.43. The Morgan fingerprint density at radius 2 is 0.889 bits per heavy atom. The highest BCUT2D eigenvalue weighted by atomic mass is 19.4. The van der Waals surface area contributed by atoms with Gasteiger partial charge in [-0.25, -0.2) is 8.78 Å². The SMILES string of the molecule is OCCCCCCOCC(COC(F)(F)C(F)OC(F)(F)C(F)(F)C(F)(F)F)OC(F)(F)C(F)OC(F)(F)C(F)(F)C(F)(F)F. The number of rotatable bonds is 21. The summed E-state index contributed by atoms with van der Waals surface area (Å²) >= 11 is 0. The molecule has 3 unspecified atom stereocenters. The van der Waals surface area contributed by atoms with Gasteiger partial charge >= 0.3 is 48.6 Å². The molecule has 26 heteroatoms. The van der Waals surface area contributed by atoms with E-state index in [0.717, 1.165) is 0 Å². The van der Waals surface area contributed by atoms with Gasteiger partial charge in [-0.05, 0) is 12.8 Å². The maximum atomic E-state index is 13.9. The van der Waals surface area contributed by atoms with Crippen molar-refractivity contribution in [3.05, 3.63) is 0 Å². The number of hydrogen-bond acceptors (Lipinski definition) is 6. The number of halogens is 20. The Bertz CT molecular complexity index is 880. The second kappa shape index (κ2) is 15.5. The van der Waals surface area contributed by atoms with E-state index in [1.807, 2.05) is 0 Å². The summed E-state index contributed by atoms with van der Waals surface area (Å²) < 4.78 is 274. The van der Waals surface area contributed by atoms with Crippen LogP contribution in [0.15, 0.2) is 0 Å². The molecule has 0 spiro atoms. The smallest absolute Gasteiger partial charge is 0.396 e. The molecule has 0 aliphatic heterocycles. The van der Waals surface area contributed by atoms with E-state index in [0.29, 0.717) is 6.42 Å². The van der Waals surface area contributed by atoms with Gasteiger partial charge in [-0.2, -0.15) is 79.0 Å². The average molecular weight is 724 g/mol. The zero-order valence-corrected chi connectivity index (χ0v) is 21.4. The van der Waals surface area contributed by atoms with E-state index < -0.39 is 87.3 Å². The summed E-state index contributed by atoms with van der Waals surface area (Å²) in [5, 5.41) is 8.61. The third kappa shape index (κ3) is 11.8. The molecule has 0 aliphatic carbocycles. The number of hydrogen-bond donors (Lipinski definition) is 1. The predicted octanol–water partition coefficient (Wildman–Crippen LogP) is 7.35. The molecule has 0 radical (unpaired) electrons. The predicted molar refractivity (Wildman–Crippen MR) is 101 cm³/mol. The van der Waals surface area contributed by atoms with Crippen LogP contribution >= 0.6 is 0 Å². The molecule has 0 aliphatic rings. The summed E-state index contributed by atoms with van der Waals surface area (Å²) in [4.78, 5) is 0. The number of aliphatic hydroxyl groups is 1. The standard InChI is InChI=1S/C19H20F20O6/c20-10(44-18(36,37)14(26,27)16(30,31)32)12(22,23)42-8-9(7-41-6-4-2-1-3-5-40)43-13(24,25)11(21)45-19(38,39)15(28,29)17(33,34)35/h9-11,40H,1-8H2. The van der Waals surface area contributed by atoms with E-state index in [1.165, 1.54) is 0 Å². The molecule has 0 aromatic heterocycles. The summed E-state index contributed by atoms with van der Waals surface area (Å²) in [5.41, 5.74) is 0. The summed E-state index contributed by atoms with van der Waals surface area (Å²) in [6, 6.07) is 0. The Kier molecular flexibility index (Phi) is 14.9. The summed E-state index contributed by atoms with van der Waals surface area (Å²) in [5.74, 6) is -14.6. The van der Waals surface area contributed by atoms with Crippen LogP contribution in [-0.4, -0.2) is 99.0 Å². The van der Waals surface area contributed by atoms with Crippen molar-refractivity contribution in [1.29, 1.82) is 0 Å². The first-order valence-electron chi connectivity index (χ1n) is 11.4. The van der Waals surface area contributed by atoms with Crippen LogP contribution in [0.2, 0.25) is 0 Å². The minimum absolute atomic E-state index is 0.0450. The van der Waals surface area contributed by atoms with Gasteiger partial charge in [-0.1, -0.05) is 12.8 Å². The van der Waals surface area contributed by atoms with Crippen LogP contribution in [0.5, 0.6) is 0 Å². The van der Waals surface area contributed by atoms with Gasteiger partial charge in [-0.15, -0.1) is 0 Å². The Balaban J connectivity index is 5.81. The molecule has 0 bridgehead atoms. The maximum absolute atomic E-state index is 13.9. The largest absolute Gasteiger partial charge is 0.462 e. The molecular weight excluding hydrogens is 704 g/mol. The van der Waals surface area contributed by atoms with Crippen molar-refractivity contribution < 1.29 is 117 Å². The van der Waals surface area contributed by atoms with Crippen molar-refractivity contribution in [2.45, 2.75) is 93.1 Å². The van der Waals surface area contributed by atoms with E-state index in [9.17, 15) is 87.8 Å². The Morgan fingerprint density at radius 3 is 1.29 bits per heavy atom. The van der Waals surface area contributed by atoms with Crippen LogP contribution in [0.25, 0.3) is 0 Å². The molecule has 0 aromatic rings. The molecule has 0 aromatic carbocycles. The van der Waals surface area contributed by atoms with Gasteiger partial charge in [0.1, 0.15) is 6.10 Å². The van der Waals surface area contributed by atoms with Gasteiger partial charge in [0.05, 0.1) is 13.2 Å². The second-order valence-corrected chi connectivity index (χ2v) is 8.43. The summed E-state index contributed by atoms with van der Waals surface area (Å²) in [6.45, 7) is -4.89. The molecule has 45 heavy (non-hydrogen) atoms. The zero-order valence-electron chi connectivity index (χ0n) is 21.4. The Morgan fingerprint density at radius 1 is 0.489 bits per heavy atom. The fourth-order valence-electron chi connectivity index (χ4n) is 2.42. The average Bonchev–Trinajstić information content (AvgIpc) is 2.84. The van der Waals surface area contributed by atoms with Crippen LogP contribution in [0.4, 0.5) is 87.8 Å². The topological polar surface area (TPSA) is 66.4 Å². The molecule has 3 atom stereocenters. The number of unbranched alkanes of at least 4 members (excludes halogenated alkanes) is 3. The normalized spacial score (nSPS) is 17.0. The highest BCUT2D eigenvalue weighted by Crippen LogP contribution is 2.50. The van der Waals surface area contributed by atoms with Gasteiger partial charge in [0.2, 0.25) is 0 Å². The highest BCUT2D eigenvalue weighted by molar-refractivity contribution is 4.87. The monoisotopic (exact) mass is 724 g/mol. The molecule has 0 fully saturated rings. The zero-order chi connectivity index (χ0) is 35.9. The lowest BCUT2D eigenvalue weighted by molar-refractivity contribution is -0.472. The number of aliphatic hydroxyl groups excluding tert-OH is 1. The van der Waals surface area contributed by atoms with Gasteiger partial charge in [0, 0.05) is 13.2 Å². The fraction of sp³-hybridized carbons (Fsp3) is 1.00. The first-order valence-corrected chi connectivity index (χ1v) is 11.4. The molecule has 1 N–H and O–H groups in total. The Labute approximate surface area is 237 Å². The van der Waals surface area contributed by atoms with Crippen LogP contribution < -0.4 is 0 Å². The molecule has 6 nitrogen and oxygen atoms in total. The van der Waals surface area contributed by atoms with Crippen molar-refractivity contribution >= 4 is 0 Å². The summed E-state index contributed by atoms with van der Waals surface area (Å²) in [7, 11) is 0. The fourth-order valence-corrected chi connectivity index (χ4v) is 2.42. The lowest BCUT2D eigenvalue weighted by Crippen LogP contribution is -2.56. The van der Waals surface area contributed by atoms with Gasteiger partial charge in [0.25, 0.3) is 12.7 Å². The minimum Gasteiger partial charge on any atom is -0.396 e. The van der Waals surface area contributed by atoms with Crippen molar-refractivity contribution in [2.75, 3.05) is 26.4 Å². The summed E-state index contributed by atoms with van der Waals surface area (Å²) in [6.07, 6.45) is -53.7. The van der Waals surface area contributed by atoms with Crippen LogP contribution in [0.3, 0.4) is 0 Å². The van der Waals surface area contributed by atoms with E-state index in [4.69, 9.17) is 5.11 Å². The van der Waals surface area contributed by atoms with Crippen molar-refractivity contribution in [1.82, 2.24) is 0 Å². The third-order valence-corrected chi connectivity index (χ3v) is 4.76. The maximum Gasteiger partial charge on any atom is 0.462 e. The molecule has 0 saturated heterocycles. The quantitative estimate of drug-likeness (QED) is 0.0988. The first-order chi connectivity index (χ1) is 19.9. The van der Waals surface area contributed by atoms with Crippen molar-refractivity contribution in [2.24, 2.45) is 0 Å². The van der Waals surface area contributed by atoms with Gasteiger partial charge < -0.3 is 19.3 Å². The third-order valence-electron chi connectivity index (χ3n) is 4.76. The Hall–Kier alpha value is -1.64. The van der Waals surface area contributed by atoms with E-state index in [-0.39, 0.29) is 25.9 Å². The molecule has 0 amide bonds. The van der Waals surface area contributed by atoms with E-state index >= 15 is 0 Å². The molecule has 272 valence electrons. The molecule has 0 rings (SSSR count). The molecule has 0 saturated carbocycles. The lowest BCUT2D eigenvalue weighted by Gasteiger charge is -2.32. The van der Waals surface area contributed by atoms with Crippen molar-refractivity contribution in [3.63, 3.8) is 0 Å². The highest BCUT2D eigenvalue weighted by Gasteiger charge is 2.77. The van der Waals surface area contributed by atoms with E-state index in [2.05, 4.69) is 23.7 Å². The first kappa shape index (κ1) is 43.4. The number of alkyl halides is 20. The van der Waals surface area contributed by atoms with Gasteiger partial charge in [-0.3, -0.25) is 9.47 Å². The van der Waals surface area contributed by atoms with Gasteiger partial charge in [0.15, 0.2) is 0 Å². The molecule has 0 heterocycles. The minimum atomic E-state index is -7.31. The molecular formula is C19H20F20O6. The van der Waals surface area contributed by atoms with Crippen molar-refractivity contribution in [3.8, 4) is 0 Å². The lowest BCUT2D eigenvalue weighted by atomic mass is 10.2. The number of ether oxygens (including phenoxy) is 5. The van der Waals surface area contributed by atoms with E-state index in [1.54, 1.807) is 0 Å². The van der Waals surface area contributed by atoms with Crippen LogP contribution in [0.1, 0.15) is 25.7 Å². The van der Waals surface area contributed by atoms with Crippen LogP contribution in [0, 0.1) is 0 Å².